The van der Waals surface area contributed by atoms with Crippen molar-refractivity contribution in [3.63, 3.8) is 0 Å². The Hall–Kier alpha value is -2.60. The minimum Gasteiger partial charge on any atom is -0.497 e. The molecule has 1 aliphatic rings. The van der Waals surface area contributed by atoms with Crippen LogP contribution in [-0.4, -0.2) is 36.1 Å². The molecule has 6 heteroatoms. The summed E-state index contributed by atoms with van der Waals surface area (Å²) in [4.78, 5) is 19.2. The number of carbonyl (C=O) groups excluding carboxylic acids is 1. The summed E-state index contributed by atoms with van der Waals surface area (Å²) in [5.74, 6) is 1.11. The molecule has 0 fully saturated rings. The predicted molar refractivity (Wildman–Crippen MR) is 94.7 cm³/mol. The van der Waals surface area contributed by atoms with Gasteiger partial charge in [-0.1, -0.05) is 0 Å². The number of aromatic nitrogens is 1. The molecule has 0 saturated heterocycles. The van der Waals surface area contributed by atoms with Crippen LogP contribution in [0.5, 0.6) is 11.5 Å². The first-order valence-corrected chi connectivity index (χ1v) is 8.37. The van der Waals surface area contributed by atoms with Crippen LogP contribution in [0, 0.1) is 6.92 Å². The number of carbonyl (C=O) groups is 1. The summed E-state index contributed by atoms with van der Waals surface area (Å²) in [7, 11) is 1.58. The van der Waals surface area contributed by atoms with Crippen LogP contribution in [0.2, 0.25) is 0 Å². The van der Waals surface area contributed by atoms with E-state index in [-0.39, 0.29) is 5.91 Å². The number of hydrogen-bond donors (Lipinski definition) is 1. The molecule has 0 radical (unpaired) electrons. The topological polar surface area (TPSA) is 77.7 Å². The zero-order chi connectivity index (χ0) is 17.8. The Morgan fingerprint density at radius 1 is 1.28 bits per heavy atom. The van der Waals surface area contributed by atoms with Gasteiger partial charge in [0.25, 0.3) is 5.91 Å². The fourth-order valence-corrected chi connectivity index (χ4v) is 2.91. The number of ether oxygens (including phenoxy) is 2. The smallest absolute Gasteiger partial charge is 0.258 e. The van der Waals surface area contributed by atoms with E-state index in [9.17, 15) is 4.79 Å². The Labute approximate surface area is 147 Å². The van der Waals surface area contributed by atoms with Crippen LogP contribution in [0.1, 0.15) is 33.6 Å². The van der Waals surface area contributed by atoms with Gasteiger partial charge in [0.15, 0.2) is 0 Å². The fraction of sp³-hybridized carbons (Fsp3) is 0.368. The third-order valence-corrected chi connectivity index (χ3v) is 4.25. The molecule has 1 aromatic carbocycles. The normalized spacial score (nSPS) is 12.8. The van der Waals surface area contributed by atoms with Crippen LogP contribution in [0.15, 0.2) is 30.5 Å². The molecule has 0 aliphatic carbocycles. The summed E-state index contributed by atoms with van der Waals surface area (Å²) < 4.78 is 11.0. The Morgan fingerprint density at radius 2 is 2.08 bits per heavy atom. The van der Waals surface area contributed by atoms with E-state index < -0.39 is 0 Å². The Balaban J connectivity index is 1.83. The Kier molecular flexibility index (Phi) is 5.19. The average Bonchev–Trinajstić information content (AvgIpc) is 3.04. The number of fused-ring (bicyclic) bond motifs is 1. The lowest BCUT2D eigenvalue weighted by atomic mass is 10.1. The van der Waals surface area contributed by atoms with E-state index in [4.69, 9.17) is 15.2 Å². The van der Waals surface area contributed by atoms with Gasteiger partial charge in [0, 0.05) is 25.0 Å². The van der Waals surface area contributed by atoms with Gasteiger partial charge in [-0.05, 0) is 55.3 Å². The quantitative estimate of drug-likeness (QED) is 0.816. The average molecular weight is 341 g/mol. The molecule has 2 N–H and O–H groups in total. The maximum atomic E-state index is 13.1. The molecule has 3 rings (SSSR count). The lowest BCUT2D eigenvalue weighted by molar-refractivity contribution is 0.0746. The molecule has 0 bridgehead atoms. The standard InChI is InChI=1S/C19H23N3O3/c1-13-8-14-11-22(12-15(14)10-21-13)19(23)17-9-16(24-2)4-5-18(17)25-7-3-6-20/h4-5,8-10H,3,6-7,11-12,20H2,1-2H3. The minimum atomic E-state index is -0.0736. The summed E-state index contributed by atoms with van der Waals surface area (Å²) in [6, 6.07) is 7.33. The molecule has 2 aromatic rings. The van der Waals surface area contributed by atoms with Crippen LogP contribution < -0.4 is 15.2 Å². The third-order valence-electron chi connectivity index (χ3n) is 4.25. The highest BCUT2D eigenvalue weighted by atomic mass is 16.5. The molecular weight excluding hydrogens is 318 g/mol. The molecule has 0 saturated carbocycles. The van der Waals surface area contributed by atoms with Crippen LogP contribution >= 0.6 is 0 Å². The van der Waals surface area contributed by atoms with Gasteiger partial charge in [-0.3, -0.25) is 9.78 Å². The largest absolute Gasteiger partial charge is 0.497 e. The van der Waals surface area contributed by atoms with Crippen LogP contribution in [0.25, 0.3) is 0 Å². The molecule has 132 valence electrons. The van der Waals surface area contributed by atoms with Crippen molar-refractivity contribution in [2.45, 2.75) is 26.4 Å². The van der Waals surface area contributed by atoms with E-state index in [1.807, 2.05) is 19.2 Å². The first kappa shape index (κ1) is 17.2. The molecule has 1 aliphatic heterocycles. The van der Waals surface area contributed by atoms with Gasteiger partial charge in [-0.2, -0.15) is 0 Å². The highest BCUT2D eigenvalue weighted by Crippen LogP contribution is 2.30. The molecule has 1 amide bonds. The summed E-state index contributed by atoms with van der Waals surface area (Å²) in [6.45, 7) is 4.12. The van der Waals surface area contributed by atoms with Crippen molar-refractivity contribution in [3.8, 4) is 11.5 Å². The molecule has 0 spiro atoms. The SMILES string of the molecule is COc1ccc(OCCCN)c(C(=O)N2Cc3cnc(C)cc3C2)c1. The first-order valence-electron chi connectivity index (χ1n) is 8.37. The van der Waals surface area contributed by atoms with Gasteiger partial charge in [-0.25, -0.2) is 0 Å². The van der Waals surface area contributed by atoms with Gasteiger partial charge in [0.05, 0.1) is 19.3 Å². The van der Waals surface area contributed by atoms with Crippen molar-refractivity contribution >= 4 is 5.91 Å². The monoisotopic (exact) mass is 341 g/mol. The number of hydrogen-bond acceptors (Lipinski definition) is 5. The van der Waals surface area contributed by atoms with Crippen LogP contribution in [-0.2, 0) is 13.1 Å². The zero-order valence-corrected chi connectivity index (χ0v) is 14.6. The molecule has 2 heterocycles. The number of amides is 1. The highest BCUT2D eigenvalue weighted by Gasteiger charge is 2.27. The number of rotatable bonds is 6. The van der Waals surface area contributed by atoms with E-state index in [0.717, 1.165) is 23.2 Å². The van der Waals surface area contributed by atoms with E-state index in [2.05, 4.69) is 4.98 Å². The Bertz CT molecular complexity index is 777. The van der Waals surface area contributed by atoms with E-state index >= 15 is 0 Å². The Morgan fingerprint density at radius 3 is 2.84 bits per heavy atom. The maximum absolute atomic E-state index is 13.1. The minimum absolute atomic E-state index is 0.0736. The number of nitrogens with two attached hydrogens (primary N) is 1. The van der Waals surface area contributed by atoms with E-state index in [1.165, 1.54) is 0 Å². The van der Waals surface area contributed by atoms with Crippen LogP contribution in [0.4, 0.5) is 0 Å². The summed E-state index contributed by atoms with van der Waals surface area (Å²) in [5, 5.41) is 0. The number of methoxy groups -OCH3 is 1. The summed E-state index contributed by atoms with van der Waals surface area (Å²) >= 11 is 0. The molecule has 1 aromatic heterocycles. The van der Waals surface area contributed by atoms with Crippen molar-refractivity contribution in [3.05, 3.63) is 52.8 Å². The second-order valence-electron chi connectivity index (χ2n) is 6.11. The second kappa shape index (κ2) is 7.53. The number of pyridine rings is 1. The fourth-order valence-electron chi connectivity index (χ4n) is 2.91. The van der Waals surface area contributed by atoms with Crippen molar-refractivity contribution in [1.29, 1.82) is 0 Å². The van der Waals surface area contributed by atoms with Gasteiger partial charge in [0.2, 0.25) is 0 Å². The van der Waals surface area contributed by atoms with Crippen molar-refractivity contribution in [2.75, 3.05) is 20.3 Å². The predicted octanol–water partition coefficient (Wildman–Crippen LogP) is 2.28. The maximum Gasteiger partial charge on any atom is 0.258 e. The molecular formula is C19H23N3O3. The lowest BCUT2D eigenvalue weighted by Gasteiger charge is -2.18. The van der Waals surface area contributed by atoms with Gasteiger partial charge in [0.1, 0.15) is 11.5 Å². The zero-order valence-electron chi connectivity index (χ0n) is 14.6. The summed E-state index contributed by atoms with van der Waals surface area (Å²) in [6.07, 6.45) is 2.59. The number of aryl methyl sites for hydroxylation is 1. The van der Waals surface area contributed by atoms with Gasteiger partial charge < -0.3 is 20.1 Å². The highest BCUT2D eigenvalue weighted by molar-refractivity contribution is 5.97. The molecule has 25 heavy (non-hydrogen) atoms. The molecule has 6 nitrogen and oxygen atoms in total. The third kappa shape index (κ3) is 3.74. The second-order valence-corrected chi connectivity index (χ2v) is 6.11. The van der Waals surface area contributed by atoms with Crippen molar-refractivity contribution in [2.24, 2.45) is 5.73 Å². The van der Waals surface area contributed by atoms with Gasteiger partial charge >= 0.3 is 0 Å². The number of benzene rings is 1. The van der Waals surface area contributed by atoms with Gasteiger partial charge in [-0.15, -0.1) is 0 Å². The lowest BCUT2D eigenvalue weighted by Crippen LogP contribution is -2.26. The van der Waals surface area contributed by atoms with Crippen molar-refractivity contribution < 1.29 is 14.3 Å². The summed E-state index contributed by atoms with van der Waals surface area (Å²) in [5.41, 5.74) is 9.22. The molecule has 0 atom stereocenters. The van der Waals surface area contributed by atoms with E-state index in [1.54, 1.807) is 30.2 Å². The van der Waals surface area contributed by atoms with E-state index in [0.29, 0.717) is 43.3 Å². The first-order chi connectivity index (χ1) is 12.1. The molecule has 0 unspecified atom stereocenters. The van der Waals surface area contributed by atoms with Crippen LogP contribution in [0.3, 0.4) is 0 Å². The van der Waals surface area contributed by atoms with Crippen molar-refractivity contribution in [1.82, 2.24) is 9.88 Å². The number of nitrogens with zero attached hydrogens (tertiary/aromatic N) is 2.